The van der Waals surface area contributed by atoms with Crippen LogP contribution < -0.4 is 10.2 Å². The highest BCUT2D eigenvalue weighted by molar-refractivity contribution is 5.44. The van der Waals surface area contributed by atoms with E-state index < -0.39 is 0 Å². The number of anilines is 1. The maximum absolute atomic E-state index is 4.92. The number of aromatic nitrogens is 1. The average Bonchev–Trinajstić information content (AvgIpc) is 2.94. The van der Waals surface area contributed by atoms with Gasteiger partial charge in [-0.15, -0.1) is 0 Å². The lowest BCUT2D eigenvalue weighted by Gasteiger charge is -2.39. The summed E-state index contributed by atoms with van der Waals surface area (Å²) in [6, 6.07) is 5.78. The Kier molecular flexibility index (Phi) is 4.48. The SMILES string of the molecule is Cc1nc(N2CCCC3CCCC32)ccc1CNC(C)C. The second kappa shape index (κ2) is 6.35. The Morgan fingerprint density at radius 2 is 2.05 bits per heavy atom. The number of nitrogens with one attached hydrogen (secondary N) is 1. The highest BCUT2D eigenvalue weighted by Gasteiger charge is 2.35. The third kappa shape index (κ3) is 3.23. The topological polar surface area (TPSA) is 28.2 Å². The molecule has 116 valence electrons. The maximum Gasteiger partial charge on any atom is 0.129 e. The highest BCUT2D eigenvalue weighted by atomic mass is 15.2. The number of aryl methyl sites for hydroxylation is 1. The molecule has 1 saturated carbocycles. The summed E-state index contributed by atoms with van der Waals surface area (Å²) >= 11 is 0. The van der Waals surface area contributed by atoms with E-state index in [9.17, 15) is 0 Å². The van der Waals surface area contributed by atoms with Gasteiger partial charge in [0.2, 0.25) is 0 Å². The van der Waals surface area contributed by atoms with Gasteiger partial charge in [0, 0.05) is 30.9 Å². The molecule has 1 aliphatic carbocycles. The van der Waals surface area contributed by atoms with Crippen LogP contribution in [0.15, 0.2) is 12.1 Å². The van der Waals surface area contributed by atoms with E-state index in [0.29, 0.717) is 6.04 Å². The first kappa shape index (κ1) is 14.8. The summed E-state index contributed by atoms with van der Waals surface area (Å²) in [6.45, 7) is 8.63. The van der Waals surface area contributed by atoms with E-state index in [1.807, 2.05) is 0 Å². The van der Waals surface area contributed by atoms with E-state index in [1.165, 1.54) is 55.7 Å². The standard InChI is InChI=1S/C18H29N3/c1-13(2)19-12-16-9-10-18(20-14(16)3)21-11-5-7-15-6-4-8-17(15)21/h9-10,13,15,17,19H,4-8,11-12H2,1-3H3. The number of hydrogen-bond acceptors (Lipinski definition) is 3. The van der Waals surface area contributed by atoms with Crippen LogP contribution in [-0.4, -0.2) is 23.6 Å². The Labute approximate surface area is 129 Å². The van der Waals surface area contributed by atoms with Gasteiger partial charge < -0.3 is 10.2 Å². The van der Waals surface area contributed by atoms with Gasteiger partial charge in [-0.1, -0.05) is 26.3 Å². The molecular formula is C18H29N3. The Morgan fingerprint density at radius 3 is 2.81 bits per heavy atom. The normalized spacial score (nSPS) is 25.4. The average molecular weight is 287 g/mol. The van der Waals surface area contributed by atoms with Gasteiger partial charge in [0.25, 0.3) is 0 Å². The predicted octanol–water partition coefficient (Wildman–Crippen LogP) is 3.66. The van der Waals surface area contributed by atoms with Crippen molar-refractivity contribution < 1.29 is 0 Å². The van der Waals surface area contributed by atoms with E-state index in [1.54, 1.807) is 0 Å². The van der Waals surface area contributed by atoms with Gasteiger partial charge in [-0.3, -0.25) is 0 Å². The molecule has 1 aliphatic heterocycles. The Bertz CT molecular complexity index is 483. The quantitative estimate of drug-likeness (QED) is 0.916. The molecule has 2 fully saturated rings. The van der Waals surface area contributed by atoms with Crippen LogP contribution in [0.2, 0.25) is 0 Å². The monoisotopic (exact) mass is 287 g/mol. The summed E-state index contributed by atoms with van der Waals surface area (Å²) in [5, 5.41) is 3.49. The fourth-order valence-electron chi connectivity index (χ4n) is 3.98. The first-order valence-corrected chi connectivity index (χ1v) is 8.61. The summed E-state index contributed by atoms with van der Waals surface area (Å²) in [5.41, 5.74) is 2.51. The van der Waals surface area contributed by atoms with Gasteiger partial charge in [0.1, 0.15) is 5.82 Å². The van der Waals surface area contributed by atoms with Crippen molar-refractivity contribution >= 4 is 5.82 Å². The molecule has 21 heavy (non-hydrogen) atoms. The third-order valence-electron chi connectivity index (χ3n) is 5.17. The predicted molar refractivity (Wildman–Crippen MR) is 88.7 cm³/mol. The van der Waals surface area contributed by atoms with Crippen LogP contribution >= 0.6 is 0 Å². The van der Waals surface area contributed by atoms with E-state index in [-0.39, 0.29) is 0 Å². The molecule has 1 aromatic heterocycles. The Balaban J connectivity index is 1.75. The molecule has 3 rings (SSSR count). The van der Waals surface area contributed by atoms with E-state index >= 15 is 0 Å². The van der Waals surface area contributed by atoms with Gasteiger partial charge >= 0.3 is 0 Å². The number of fused-ring (bicyclic) bond motifs is 1. The second-order valence-electron chi connectivity index (χ2n) is 7.04. The van der Waals surface area contributed by atoms with Gasteiger partial charge in [0.05, 0.1) is 0 Å². The van der Waals surface area contributed by atoms with E-state index in [4.69, 9.17) is 4.98 Å². The van der Waals surface area contributed by atoms with Gasteiger partial charge in [0.15, 0.2) is 0 Å². The van der Waals surface area contributed by atoms with Crippen molar-refractivity contribution in [1.29, 1.82) is 0 Å². The van der Waals surface area contributed by atoms with Crippen LogP contribution in [0.4, 0.5) is 5.82 Å². The van der Waals surface area contributed by atoms with Crippen molar-refractivity contribution in [2.24, 2.45) is 5.92 Å². The zero-order valence-corrected chi connectivity index (χ0v) is 13.7. The summed E-state index contributed by atoms with van der Waals surface area (Å²) in [5.74, 6) is 2.13. The minimum Gasteiger partial charge on any atom is -0.353 e. The minimum atomic E-state index is 0.519. The van der Waals surface area contributed by atoms with E-state index in [2.05, 4.69) is 43.1 Å². The van der Waals surface area contributed by atoms with E-state index in [0.717, 1.165) is 18.5 Å². The number of nitrogens with zero attached hydrogens (tertiary/aromatic N) is 2. The lowest BCUT2D eigenvalue weighted by Crippen LogP contribution is -2.43. The lowest BCUT2D eigenvalue weighted by molar-refractivity contribution is 0.360. The Morgan fingerprint density at radius 1 is 1.24 bits per heavy atom. The molecule has 2 unspecified atom stereocenters. The maximum atomic E-state index is 4.92. The summed E-state index contributed by atoms with van der Waals surface area (Å²) in [7, 11) is 0. The Hall–Kier alpha value is -1.09. The summed E-state index contributed by atoms with van der Waals surface area (Å²) in [4.78, 5) is 7.51. The van der Waals surface area contributed by atoms with Crippen molar-refractivity contribution in [2.45, 2.75) is 71.5 Å². The molecule has 2 aliphatic rings. The molecule has 0 aromatic carbocycles. The molecule has 0 spiro atoms. The summed E-state index contributed by atoms with van der Waals surface area (Å²) < 4.78 is 0. The molecule has 1 N–H and O–H groups in total. The molecule has 1 saturated heterocycles. The zero-order chi connectivity index (χ0) is 14.8. The molecule has 0 radical (unpaired) electrons. The zero-order valence-electron chi connectivity index (χ0n) is 13.7. The van der Waals surface area contributed by atoms with Crippen LogP contribution in [0.25, 0.3) is 0 Å². The lowest BCUT2D eigenvalue weighted by atomic mass is 9.92. The smallest absolute Gasteiger partial charge is 0.129 e. The first-order valence-electron chi connectivity index (χ1n) is 8.61. The largest absolute Gasteiger partial charge is 0.353 e. The van der Waals surface area contributed by atoms with Crippen LogP contribution in [-0.2, 0) is 6.54 Å². The van der Waals surface area contributed by atoms with Crippen molar-refractivity contribution in [3.05, 3.63) is 23.4 Å². The third-order valence-corrected chi connectivity index (χ3v) is 5.17. The van der Waals surface area contributed by atoms with Crippen molar-refractivity contribution in [2.75, 3.05) is 11.4 Å². The molecule has 3 heteroatoms. The number of hydrogen-bond donors (Lipinski definition) is 1. The van der Waals surface area contributed by atoms with Gasteiger partial charge in [-0.05, 0) is 50.2 Å². The number of pyridine rings is 1. The molecule has 0 bridgehead atoms. The van der Waals surface area contributed by atoms with Crippen molar-refractivity contribution in [3.63, 3.8) is 0 Å². The molecule has 0 amide bonds. The number of rotatable bonds is 4. The molecule has 1 aromatic rings. The van der Waals surface area contributed by atoms with Crippen LogP contribution in [0.1, 0.15) is 57.2 Å². The molecule has 2 atom stereocenters. The van der Waals surface area contributed by atoms with Gasteiger partial charge in [-0.25, -0.2) is 4.98 Å². The van der Waals surface area contributed by atoms with Gasteiger partial charge in [-0.2, -0.15) is 0 Å². The van der Waals surface area contributed by atoms with Crippen molar-refractivity contribution in [3.8, 4) is 0 Å². The summed E-state index contributed by atoms with van der Waals surface area (Å²) in [6.07, 6.45) is 6.95. The molecule has 3 nitrogen and oxygen atoms in total. The van der Waals surface area contributed by atoms with Crippen molar-refractivity contribution in [1.82, 2.24) is 10.3 Å². The molecular weight excluding hydrogens is 258 g/mol. The second-order valence-corrected chi connectivity index (χ2v) is 7.04. The highest BCUT2D eigenvalue weighted by Crippen LogP contribution is 2.38. The molecule has 2 heterocycles. The first-order chi connectivity index (χ1) is 10.1. The van der Waals surface area contributed by atoms with Crippen LogP contribution in [0, 0.1) is 12.8 Å². The number of piperidine rings is 1. The van der Waals surface area contributed by atoms with Crippen LogP contribution in [0.3, 0.4) is 0 Å². The van der Waals surface area contributed by atoms with Crippen LogP contribution in [0.5, 0.6) is 0 Å². The fraction of sp³-hybridized carbons (Fsp3) is 0.722. The minimum absolute atomic E-state index is 0.519. The fourth-order valence-corrected chi connectivity index (χ4v) is 3.98.